The lowest BCUT2D eigenvalue weighted by molar-refractivity contribution is 0.971. The molecule has 0 saturated heterocycles. The predicted molar refractivity (Wildman–Crippen MR) is 195 cm³/mol. The number of hydrogen-bond acceptors (Lipinski definition) is 0. The highest BCUT2D eigenvalue weighted by Gasteiger charge is 2.25. The highest BCUT2D eigenvalue weighted by atomic mass is 15.0. The van der Waals surface area contributed by atoms with E-state index in [-0.39, 0.29) is 0 Å². The molecule has 2 aromatic heterocycles. The second kappa shape index (κ2) is 9.82. The summed E-state index contributed by atoms with van der Waals surface area (Å²) in [4.78, 5) is 0. The van der Waals surface area contributed by atoms with Crippen LogP contribution in [0.5, 0.6) is 0 Å². The molecular formula is C44H30N2. The van der Waals surface area contributed by atoms with Crippen LogP contribution in [0.3, 0.4) is 0 Å². The molecule has 10 rings (SSSR count). The lowest BCUT2D eigenvalue weighted by Crippen LogP contribution is -2.05. The molecule has 0 fully saturated rings. The van der Waals surface area contributed by atoms with Crippen molar-refractivity contribution in [2.24, 2.45) is 0 Å². The normalized spacial score (nSPS) is 13.0. The van der Waals surface area contributed by atoms with E-state index in [1.807, 2.05) is 0 Å². The molecular weight excluding hydrogens is 556 g/mol. The molecule has 0 N–H and O–H groups in total. The van der Waals surface area contributed by atoms with E-state index in [9.17, 15) is 0 Å². The third-order valence-electron chi connectivity index (χ3n) is 9.96. The largest absolute Gasteiger partial charge is 0.308 e. The van der Waals surface area contributed by atoms with Crippen LogP contribution in [0.15, 0.2) is 152 Å². The molecule has 7 aromatic carbocycles. The number of allylic oxidation sites excluding steroid dienone is 1. The number of benzene rings is 7. The summed E-state index contributed by atoms with van der Waals surface area (Å²) in [5.41, 5.74) is 11.4. The molecule has 1 aliphatic carbocycles. The zero-order valence-corrected chi connectivity index (χ0v) is 25.3. The van der Waals surface area contributed by atoms with Gasteiger partial charge in [0.25, 0.3) is 0 Å². The smallest absolute Gasteiger partial charge is 0.0620 e. The number of fused-ring (bicyclic) bond motifs is 8. The van der Waals surface area contributed by atoms with Crippen molar-refractivity contribution < 1.29 is 0 Å². The summed E-state index contributed by atoms with van der Waals surface area (Å²) in [6, 6.07) is 53.5. The van der Waals surface area contributed by atoms with Gasteiger partial charge in [0.15, 0.2) is 0 Å². The zero-order chi connectivity index (χ0) is 30.2. The minimum atomic E-state index is 1.06. The van der Waals surface area contributed by atoms with E-state index in [1.165, 1.54) is 88.0 Å². The van der Waals surface area contributed by atoms with Crippen LogP contribution in [-0.2, 0) is 6.42 Å². The molecule has 0 radical (unpaired) electrons. The Morgan fingerprint density at radius 2 is 0.913 bits per heavy atom. The van der Waals surface area contributed by atoms with Crippen LogP contribution in [0.25, 0.3) is 82.8 Å². The Kier molecular flexibility index (Phi) is 5.44. The fourth-order valence-electron chi connectivity index (χ4n) is 8.02. The van der Waals surface area contributed by atoms with Gasteiger partial charge in [0.05, 0.1) is 27.9 Å². The van der Waals surface area contributed by atoms with Gasteiger partial charge in [-0.2, -0.15) is 0 Å². The van der Waals surface area contributed by atoms with E-state index in [0.29, 0.717) is 0 Å². The average Bonchev–Trinajstić information content (AvgIpc) is 3.64. The van der Waals surface area contributed by atoms with Gasteiger partial charge in [0, 0.05) is 43.4 Å². The van der Waals surface area contributed by atoms with Gasteiger partial charge < -0.3 is 9.13 Å². The van der Waals surface area contributed by atoms with Crippen molar-refractivity contribution in [3.05, 3.63) is 163 Å². The van der Waals surface area contributed by atoms with Gasteiger partial charge in [-0.05, 0) is 59.9 Å². The van der Waals surface area contributed by atoms with Crippen molar-refractivity contribution in [3.8, 4) is 22.5 Å². The van der Waals surface area contributed by atoms with Crippen molar-refractivity contribution in [1.82, 2.24) is 9.13 Å². The summed E-state index contributed by atoms with van der Waals surface area (Å²) in [5.74, 6) is 0. The summed E-state index contributed by atoms with van der Waals surface area (Å²) in [6.07, 6.45) is 6.82. The molecule has 216 valence electrons. The second-order valence-corrected chi connectivity index (χ2v) is 12.4. The fourth-order valence-corrected chi connectivity index (χ4v) is 8.02. The molecule has 0 amide bonds. The first-order chi connectivity index (χ1) is 22.9. The summed E-state index contributed by atoms with van der Waals surface area (Å²) in [7, 11) is 0. The third-order valence-corrected chi connectivity index (χ3v) is 9.96. The minimum Gasteiger partial charge on any atom is -0.308 e. The summed E-state index contributed by atoms with van der Waals surface area (Å²) >= 11 is 0. The highest BCUT2D eigenvalue weighted by Crippen LogP contribution is 2.45. The summed E-state index contributed by atoms with van der Waals surface area (Å²) in [6.45, 7) is 0. The first kappa shape index (κ1) is 25.5. The van der Waals surface area contributed by atoms with Gasteiger partial charge in [-0.15, -0.1) is 0 Å². The van der Waals surface area contributed by atoms with E-state index in [1.54, 1.807) is 0 Å². The van der Waals surface area contributed by atoms with Crippen LogP contribution in [0.4, 0.5) is 0 Å². The Bertz CT molecular complexity index is 2630. The number of aromatic nitrogens is 2. The van der Waals surface area contributed by atoms with Gasteiger partial charge >= 0.3 is 0 Å². The SMILES string of the molecule is C1=Cc2c(c3ccccc3n2-c2c3ccccc3c(-n3c4ccccc4c4ccccc43)c3cc(-c4ccccc4)ccc23)CC1. The lowest BCUT2D eigenvalue weighted by atomic mass is 9.94. The van der Waals surface area contributed by atoms with Crippen molar-refractivity contribution in [3.63, 3.8) is 0 Å². The van der Waals surface area contributed by atoms with E-state index in [0.717, 1.165) is 12.8 Å². The molecule has 0 atom stereocenters. The average molecular weight is 587 g/mol. The van der Waals surface area contributed by atoms with Crippen LogP contribution in [0.1, 0.15) is 17.7 Å². The maximum absolute atomic E-state index is 2.54. The number of nitrogens with zero attached hydrogens (tertiary/aromatic N) is 2. The monoisotopic (exact) mass is 586 g/mol. The summed E-state index contributed by atoms with van der Waals surface area (Å²) < 4.78 is 5.06. The van der Waals surface area contributed by atoms with Crippen LogP contribution in [0.2, 0.25) is 0 Å². The molecule has 0 bridgehead atoms. The molecule has 2 heterocycles. The van der Waals surface area contributed by atoms with Gasteiger partial charge in [-0.1, -0.05) is 127 Å². The highest BCUT2D eigenvalue weighted by molar-refractivity contribution is 6.19. The lowest BCUT2D eigenvalue weighted by Gasteiger charge is -2.22. The molecule has 9 aromatic rings. The van der Waals surface area contributed by atoms with E-state index in [4.69, 9.17) is 0 Å². The molecule has 46 heavy (non-hydrogen) atoms. The van der Waals surface area contributed by atoms with Gasteiger partial charge in [0.2, 0.25) is 0 Å². The van der Waals surface area contributed by atoms with Crippen LogP contribution in [-0.4, -0.2) is 9.13 Å². The number of rotatable bonds is 3. The molecule has 0 aliphatic heterocycles. The summed E-state index contributed by atoms with van der Waals surface area (Å²) in [5, 5.41) is 8.88. The zero-order valence-electron chi connectivity index (χ0n) is 25.3. The van der Waals surface area contributed by atoms with E-state index < -0.39 is 0 Å². The van der Waals surface area contributed by atoms with Crippen LogP contribution >= 0.6 is 0 Å². The standard InChI is InChI=1S/C44H30N2/c1-2-14-29(15-3-1)30-26-27-37-38(28-30)44(46-41-24-12-8-18-33(41)34-19-9-13-25-42(34)46)36-21-5-4-20-35(36)43(37)45-39-22-10-6-16-31(39)32-17-7-11-23-40(32)45/h1-6,8-16,18-28H,7,17H2. The maximum atomic E-state index is 2.54. The predicted octanol–water partition coefficient (Wildman–Crippen LogP) is 11.7. The Morgan fingerprint density at radius 1 is 0.391 bits per heavy atom. The first-order valence-corrected chi connectivity index (χ1v) is 16.2. The quantitative estimate of drug-likeness (QED) is 0.182. The Balaban J connectivity index is 1.44. The van der Waals surface area contributed by atoms with Crippen LogP contribution < -0.4 is 0 Å². The Hall–Kier alpha value is -5.86. The topological polar surface area (TPSA) is 9.86 Å². The van der Waals surface area contributed by atoms with Crippen molar-refractivity contribution in [2.75, 3.05) is 0 Å². The maximum Gasteiger partial charge on any atom is 0.0620 e. The number of para-hydroxylation sites is 3. The first-order valence-electron chi connectivity index (χ1n) is 16.2. The van der Waals surface area contributed by atoms with Gasteiger partial charge in [0.1, 0.15) is 0 Å². The van der Waals surface area contributed by atoms with Crippen molar-refractivity contribution >= 4 is 60.3 Å². The third kappa shape index (κ3) is 3.53. The minimum absolute atomic E-state index is 1.06. The number of aryl methyl sites for hydroxylation is 1. The molecule has 1 aliphatic rings. The Labute approximate surface area is 267 Å². The van der Waals surface area contributed by atoms with Gasteiger partial charge in [-0.25, -0.2) is 0 Å². The molecule has 0 spiro atoms. The second-order valence-electron chi connectivity index (χ2n) is 12.4. The van der Waals surface area contributed by atoms with Gasteiger partial charge in [-0.3, -0.25) is 0 Å². The molecule has 2 nitrogen and oxygen atoms in total. The van der Waals surface area contributed by atoms with Crippen molar-refractivity contribution in [1.29, 1.82) is 0 Å². The molecule has 0 saturated carbocycles. The van der Waals surface area contributed by atoms with Crippen LogP contribution in [0, 0.1) is 0 Å². The molecule has 0 unspecified atom stereocenters. The molecule has 2 heteroatoms. The van der Waals surface area contributed by atoms with E-state index >= 15 is 0 Å². The Morgan fingerprint density at radius 3 is 1.59 bits per heavy atom. The fraction of sp³-hybridized carbons (Fsp3) is 0.0455. The van der Waals surface area contributed by atoms with E-state index in [2.05, 4.69) is 167 Å². The van der Waals surface area contributed by atoms with Crippen molar-refractivity contribution in [2.45, 2.75) is 12.8 Å². The number of hydrogen-bond donors (Lipinski definition) is 0.